The van der Waals surface area contributed by atoms with Crippen molar-refractivity contribution in [3.05, 3.63) is 29.0 Å². The summed E-state index contributed by atoms with van der Waals surface area (Å²) in [6, 6.07) is 4.44. The number of methoxy groups -OCH3 is 1. The van der Waals surface area contributed by atoms with Crippen LogP contribution in [0.2, 0.25) is 5.02 Å². The SMILES string of the molecule is COC1CCCCC1(CN)Nc1cc(F)cc(Cl)c1. The summed E-state index contributed by atoms with van der Waals surface area (Å²) in [7, 11) is 1.70. The number of halogens is 2. The average Bonchev–Trinajstić information content (AvgIpc) is 2.38. The van der Waals surface area contributed by atoms with Gasteiger partial charge < -0.3 is 15.8 Å². The smallest absolute Gasteiger partial charge is 0.126 e. The molecule has 1 saturated carbocycles. The van der Waals surface area contributed by atoms with Crippen LogP contribution in [0, 0.1) is 5.82 Å². The van der Waals surface area contributed by atoms with Crippen molar-refractivity contribution in [1.82, 2.24) is 0 Å². The van der Waals surface area contributed by atoms with Crippen LogP contribution in [-0.2, 0) is 4.74 Å². The molecule has 0 amide bonds. The minimum absolute atomic E-state index is 0.0355. The monoisotopic (exact) mass is 286 g/mol. The van der Waals surface area contributed by atoms with Crippen molar-refractivity contribution in [2.45, 2.75) is 37.3 Å². The van der Waals surface area contributed by atoms with Gasteiger partial charge in [0.1, 0.15) is 5.82 Å². The summed E-state index contributed by atoms with van der Waals surface area (Å²) >= 11 is 5.88. The summed E-state index contributed by atoms with van der Waals surface area (Å²) in [6.45, 7) is 0.444. The van der Waals surface area contributed by atoms with Gasteiger partial charge in [-0.3, -0.25) is 0 Å². The summed E-state index contributed by atoms with van der Waals surface area (Å²) in [5.41, 5.74) is 6.27. The van der Waals surface area contributed by atoms with Gasteiger partial charge in [0.25, 0.3) is 0 Å². The van der Waals surface area contributed by atoms with Crippen molar-refractivity contribution in [1.29, 1.82) is 0 Å². The second-order valence-corrected chi connectivity index (χ2v) is 5.55. The molecular formula is C14H20ClFN2O. The molecule has 0 spiro atoms. The average molecular weight is 287 g/mol. The molecule has 0 radical (unpaired) electrons. The maximum absolute atomic E-state index is 13.4. The van der Waals surface area contributed by atoms with Crippen LogP contribution in [-0.4, -0.2) is 25.3 Å². The van der Waals surface area contributed by atoms with Gasteiger partial charge in [0.15, 0.2) is 0 Å². The van der Waals surface area contributed by atoms with Crippen LogP contribution in [0.5, 0.6) is 0 Å². The molecule has 2 rings (SSSR count). The van der Waals surface area contributed by atoms with E-state index in [0.29, 0.717) is 17.3 Å². The Balaban J connectivity index is 2.25. The molecule has 0 aromatic heterocycles. The molecule has 1 aromatic rings. The van der Waals surface area contributed by atoms with Crippen LogP contribution >= 0.6 is 11.6 Å². The Morgan fingerprint density at radius 2 is 2.26 bits per heavy atom. The topological polar surface area (TPSA) is 47.3 Å². The van der Waals surface area contributed by atoms with Crippen molar-refractivity contribution < 1.29 is 9.13 Å². The van der Waals surface area contributed by atoms with Gasteiger partial charge in [-0.25, -0.2) is 4.39 Å². The van der Waals surface area contributed by atoms with Gasteiger partial charge in [0.05, 0.1) is 11.6 Å². The lowest BCUT2D eigenvalue weighted by Crippen LogP contribution is -2.57. The molecule has 0 saturated heterocycles. The molecule has 3 nitrogen and oxygen atoms in total. The minimum Gasteiger partial charge on any atom is -0.379 e. The Bertz CT molecular complexity index is 423. The van der Waals surface area contributed by atoms with E-state index in [1.165, 1.54) is 12.1 Å². The largest absolute Gasteiger partial charge is 0.379 e. The number of rotatable bonds is 4. The van der Waals surface area contributed by atoms with Gasteiger partial charge in [-0.05, 0) is 31.0 Å². The molecule has 1 aliphatic carbocycles. The van der Waals surface area contributed by atoms with Crippen LogP contribution in [0.3, 0.4) is 0 Å². The van der Waals surface area contributed by atoms with Crippen molar-refractivity contribution >= 4 is 17.3 Å². The molecule has 106 valence electrons. The zero-order valence-electron chi connectivity index (χ0n) is 11.1. The van der Waals surface area contributed by atoms with Crippen LogP contribution in [0.4, 0.5) is 10.1 Å². The van der Waals surface area contributed by atoms with Gasteiger partial charge in [-0.2, -0.15) is 0 Å². The summed E-state index contributed by atoms with van der Waals surface area (Å²) in [4.78, 5) is 0. The number of nitrogens with one attached hydrogen (secondary N) is 1. The molecule has 2 atom stereocenters. The number of benzene rings is 1. The van der Waals surface area contributed by atoms with E-state index in [1.54, 1.807) is 13.2 Å². The van der Waals surface area contributed by atoms with Crippen LogP contribution in [0.1, 0.15) is 25.7 Å². The highest BCUT2D eigenvalue weighted by atomic mass is 35.5. The third-order valence-corrected chi connectivity index (χ3v) is 4.08. The molecule has 0 aliphatic heterocycles. The lowest BCUT2D eigenvalue weighted by atomic mass is 9.78. The Hall–Kier alpha value is -0.840. The maximum Gasteiger partial charge on any atom is 0.126 e. The molecule has 3 N–H and O–H groups in total. The first-order chi connectivity index (χ1) is 9.09. The zero-order valence-corrected chi connectivity index (χ0v) is 11.8. The van der Waals surface area contributed by atoms with Crippen molar-refractivity contribution in [2.75, 3.05) is 19.0 Å². The Kier molecular flexibility index (Phi) is 4.66. The van der Waals surface area contributed by atoms with Crippen LogP contribution < -0.4 is 11.1 Å². The molecule has 5 heteroatoms. The first-order valence-electron chi connectivity index (χ1n) is 6.57. The molecule has 1 aromatic carbocycles. The first-order valence-corrected chi connectivity index (χ1v) is 6.94. The van der Waals surface area contributed by atoms with Gasteiger partial charge in [-0.1, -0.05) is 24.4 Å². The quantitative estimate of drug-likeness (QED) is 0.894. The fraction of sp³-hybridized carbons (Fsp3) is 0.571. The summed E-state index contributed by atoms with van der Waals surface area (Å²) in [5.74, 6) is -0.355. The molecule has 0 heterocycles. The fourth-order valence-electron chi connectivity index (χ4n) is 2.89. The predicted octanol–water partition coefficient (Wildman–Crippen LogP) is 3.18. The Morgan fingerprint density at radius 1 is 1.47 bits per heavy atom. The van der Waals surface area contributed by atoms with E-state index in [4.69, 9.17) is 22.1 Å². The summed E-state index contributed by atoms with van der Waals surface area (Å²) in [5, 5.41) is 3.73. The number of hydrogen-bond acceptors (Lipinski definition) is 3. The van der Waals surface area contributed by atoms with E-state index in [9.17, 15) is 4.39 Å². The van der Waals surface area contributed by atoms with Gasteiger partial charge >= 0.3 is 0 Å². The first kappa shape index (κ1) is 14.6. The second kappa shape index (κ2) is 6.07. The summed E-state index contributed by atoms with van der Waals surface area (Å²) in [6.07, 6.45) is 4.13. The van der Waals surface area contributed by atoms with Gasteiger partial charge in [-0.15, -0.1) is 0 Å². The number of anilines is 1. The normalized spacial score (nSPS) is 27.3. The van der Waals surface area contributed by atoms with Gasteiger partial charge in [0.2, 0.25) is 0 Å². The van der Waals surface area contributed by atoms with E-state index >= 15 is 0 Å². The highest BCUT2D eigenvalue weighted by molar-refractivity contribution is 6.30. The van der Waals surface area contributed by atoms with E-state index in [2.05, 4.69) is 5.32 Å². The van der Waals surface area contributed by atoms with E-state index < -0.39 is 0 Å². The zero-order chi connectivity index (χ0) is 13.9. The third kappa shape index (κ3) is 3.19. The van der Waals surface area contributed by atoms with Gasteiger partial charge in [0, 0.05) is 24.4 Å². The molecule has 0 bridgehead atoms. The van der Waals surface area contributed by atoms with Crippen LogP contribution in [0.15, 0.2) is 18.2 Å². The highest BCUT2D eigenvalue weighted by Crippen LogP contribution is 2.34. The maximum atomic E-state index is 13.4. The van der Waals surface area contributed by atoms with E-state index in [-0.39, 0.29) is 17.5 Å². The predicted molar refractivity (Wildman–Crippen MR) is 76.1 cm³/mol. The Labute approximate surface area is 118 Å². The Morgan fingerprint density at radius 3 is 2.89 bits per heavy atom. The third-order valence-electron chi connectivity index (χ3n) is 3.86. The summed E-state index contributed by atoms with van der Waals surface area (Å²) < 4.78 is 19.0. The molecule has 1 aliphatic rings. The second-order valence-electron chi connectivity index (χ2n) is 5.11. The van der Waals surface area contributed by atoms with Crippen molar-refractivity contribution in [2.24, 2.45) is 5.73 Å². The highest BCUT2D eigenvalue weighted by Gasteiger charge is 2.40. The molecular weight excluding hydrogens is 267 g/mol. The number of nitrogens with two attached hydrogens (primary N) is 1. The standard InChI is InChI=1S/C14H20ClFN2O/c1-19-13-4-2-3-5-14(13,9-17)18-12-7-10(15)6-11(16)8-12/h6-8,13,18H,2-5,9,17H2,1H3. The fourth-order valence-corrected chi connectivity index (χ4v) is 3.11. The molecule has 19 heavy (non-hydrogen) atoms. The van der Waals surface area contributed by atoms with Crippen LogP contribution in [0.25, 0.3) is 0 Å². The number of ether oxygens (including phenoxy) is 1. The number of hydrogen-bond donors (Lipinski definition) is 2. The minimum atomic E-state index is -0.355. The lowest BCUT2D eigenvalue weighted by molar-refractivity contribution is 0.0190. The molecule has 1 fully saturated rings. The lowest BCUT2D eigenvalue weighted by Gasteiger charge is -2.44. The van der Waals surface area contributed by atoms with E-state index in [0.717, 1.165) is 25.7 Å². The molecule has 2 unspecified atom stereocenters. The van der Waals surface area contributed by atoms with E-state index in [1.807, 2.05) is 0 Å². The van der Waals surface area contributed by atoms with Crippen molar-refractivity contribution in [3.8, 4) is 0 Å². The van der Waals surface area contributed by atoms with Crippen molar-refractivity contribution in [3.63, 3.8) is 0 Å².